The molecule has 2 heteroatoms. The van der Waals surface area contributed by atoms with E-state index in [4.69, 9.17) is 0 Å². The molecule has 2 nitrogen and oxygen atoms in total. The SMILES string of the molecule is CCCNC(CN(C)CC(C)CC)c1ccc(C)cc1. The summed E-state index contributed by atoms with van der Waals surface area (Å²) in [5.74, 6) is 0.768. The molecule has 0 aliphatic carbocycles. The van der Waals surface area contributed by atoms with Gasteiger partial charge < -0.3 is 10.2 Å². The van der Waals surface area contributed by atoms with Crippen molar-refractivity contribution < 1.29 is 0 Å². The zero-order chi connectivity index (χ0) is 15.0. The summed E-state index contributed by atoms with van der Waals surface area (Å²) in [5, 5.41) is 3.69. The maximum Gasteiger partial charge on any atom is 0.0449 e. The fourth-order valence-corrected chi connectivity index (χ4v) is 2.45. The second-order valence-corrected chi connectivity index (χ2v) is 6.15. The Morgan fingerprint density at radius 3 is 2.30 bits per heavy atom. The fraction of sp³-hybridized carbons (Fsp3) is 0.667. The highest BCUT2D eigenvalue weighted by Gasteiger charge is 2.14. The Kier molecular flexibility index (Phi) is 7.86. The van der Waals surface area contributed by atoms with Crippen molar-refractivity contribution in [3.63, 3.8) is 0 Å². The first-order valence-corrected chi connectivity index (χ1v) is 8.05. The van der Waals surface area contributed by atoms with Gasteiger partial charge in [0.2, 0.25) is 0 Å². The maximum absolute atomic E-state index is 3.69. The predicted molar refractivity (Wildman–Crippen MR) is 89.2 cm³/mol. The molecule has 0 bridgehead atoms. The van der Waals surface area contributed by atoms with E-state index < -0.39 is 0 Å². The average Bonchev–Trinajstić information content (AvgIpc) is 2.44. The van der Waals surface area contributed by atoms with Crippen molar-refractivity contribution in [2.75, 3.05) is 26.7 Å². The molecule has 0 aliphatic rings. The highest BCUT2D eigenvalue weighted by molar-refractivity contribution is 5.24. The number of likely N-dealkylation sites (N-methyl/N-ethyl adjacent to an activating group) is 1. The lowest BCUT2D eigenvalue weighted by Gasteiger charge is -2.27. The van der Waals surface area contributed by atoms with E-state index in [-0.39, 0.29) is 0 Å². The number of hydrogen-bond donors (Lipinski definition) is 1. The van der Waals surface area contributed by atoms with Crippen LogP contribution in [0.1, 0.15) is 50.8 Å². The third-order valence-corrected chi connectivity index (χ3v) is 3.93. The summed E-state index contributed by atoms with van der Waals surface area (Å²) in [6.07, 6.45) is 2.43. The van der Waals surface area contributed by atoms with Gasteiger partial charge in [0, 0.05) is 19.1 Å². The molecule has 0 amide bonds. The first kappa shape index (κ1) is 17.2. The van der Waals surface area contributed by atoms with E-state index in [2.05, 4.69) is 69.2 Å². The van der Waals surface area contributed by atoms with Crippen molar-refractivity contribution in [2.45, 2.75) is 46.6 Å². The van der Waals surface area contributed by atoms with E-state index in [9.17, 15) is 0 Å². The number of nitrogens with one attached hydrogen (secondary N) is 1. The Morgan fingerprint density at radius 2 is 1.75 bits per heavy atom. The number of rotatable bonds is 9. The monoisotopic (exact) mass is 276 g/mol. The highest BCUT2D eigenvalue weighted by atomic mass is 15.1. The Balaban J connectivity index is 2.66. The van der Waals surface area contributed by atoms with Crippen molar-refractivity contribution in [2.24, 2.45) is 5.92 Å². The Hall–Kier alpha value is -0.860. The molecule has 0 saturated heterocycles. The smallest absolute Gasteiger partial charge is 0.0449 e. The molecule has 0 heterocycles. The molecule has 0 radical (unpaired) electrons. The summed E-state index contributed by atoms with van der Waals surface area (Å²) < 4.78 is 0. The quantitative estimate of drug-likeness (QED) is 0.733. The summed E-state index contributed by atoms with van der Waals surface area (Å²) in [7, 11) is 2.24. The molecule has 114 valence electrons. The third-order valence-electron chi connectivity index (χ3n) is 3.93. The van der Waals surface area contributed by atoms with Crippen LogP contribution >= 0.6 is 0 Å². The lowest BCUT2D eigenvalue weighted by Crippen LogP contribution is -2.35. The minimum atomic E-state index is 0.435. The molecule has 0 spiro atoms. The molecule has 1 rings (SSSR count). The van der Waals surface area contributed by atoms with Crippen LogP contribution in [0.4, 0.5) is 0 Å². The zero-order valence-corrected chi connectivity index (χ0v) is 13.9. The van der Waals surface area contributed by atoms with Crippen molar-refractivity contribution in [1.82, 2.24) is 10.2 Å². The number of benzene rings is 1. The molecule has 0 aromatic heterocycles. The van der Waals surface area contributed by atoms with Crippen molar-refractivity contribution in [3.05, 3.63) is 35.4 Å². The van der Waals surface area contributed by atoms with Gasteiger partial charge in [-0.05, 0) is 38.4 Å². The van der Waals surface area contributed by atoms with E-state index in [1.165, 1.54) is 30.5 Å². The molecule has 0 aliphatic heterocycles. The van der Waals surface area contributed by atoms with Gasteiger partial charge in [-0.3, -0.25) is 0 Å². The van der Waals surface area contributed by atoms with Gasteiger partial charge in [0.1, 0.15) is 0 Å². The van der Waals surface area contributed by atoms with Gasteiger partial charge >= 0.3 is 0 Å². The van der Waals surface area contributed by atoms with Crippen LogP contribution in [0, 0.1) is 12.8 Å². The molecule has 1 aromatic rings. The van der Waals surface area contributed by atoms with Crippen LogP contribution in [0.5, 0.6) is 0 Å². The molecule has 1 N–H and O–H groups in total. The Bertz CT molecular complexity index is 358. The Morgan fingerprint density at radius 1 is 1.10 bits per heavy atom. The predicted octanol–water partition coefficient (Wildman–Crippen LogP) is 4.01. The number of aryl methyl sites for hydroxylation is 1. The fourth-order valence-electron chi connectivity index (χ4n) is 2.45. The number of nitrogens with zero attached hydrogens (tertiary/aromatic N) is 1. The van der Waals surface area contributed by atoms with E-state index in [0.717, 1.165) is 19.0 Å². The first-order valence-electron chi connectivity index (χ1n) is 8.05. The van der Waals surface area contributed by atoms with Crippen LogP contribution in [0.2, 0.25) is 0 Å². The summed E-state index contributed by atoms with van der Waals surface area (Å²) in [5.41, 5.74) is 2.73. The van der Waals surface area contributed by atoms with Gasteiger partial charge in [-0.15, -0.1) is 0 Å². The van der Waals surface area contributed by atoms with Crippen LogP contribution < -0.4 is 5.32 Å². The standard InChI is InChI=1S/C18H32N2/c1-6-12-19-18(14-20(5)13-15(3)7-2)17-10-8-16(4)9-11-17/h8-11,15,18-19H,6-7,12-14H2,1-5H3. The second kappa shape index (κ2) is 9.15. The van der Waals surface area contributed by atoms with Crippen LogP contribution in [0.15, 0.2) is 24.3 Å². The second-order valence-electron chi connectivity index (χ2n) is 6.15. The topological polar surface area (TPSA) is 15.3 Å². The van der Waals surface area contributed by atoms with Crippen LogP contribution in [0.3, 0.4) is 0 Å². The molecule has 1 aromatic carbocycles. The van der Waals surface area contributed by atoms with Crippen molar-refractivity contribution >= 4 is 0 Å². The van der Waals surface area contributed by atoms with E-state index in [1.807, 2.05) is 0 Å². The number of hydrogen-bond acceptors (Lipinski definition) is 2. The van der Waals surface area contributed by atoms with Crippen LogP contribution in [0.25, 0.3) is 0 Å². The maximum atomic E-state index is 3.69. The van der Waals surface area contributed by atoms with Crippen LogP contribution in [-0.4, -0.2) is 31.6 Å². The Labute approximate surface area is 125 Å². The minimum absolute atomic E-state index is 0.435. The molecule has 2 unspecified atom stereocenters. The van der Waals surface area contributed by atoms with Gasteiger partial charge in [-0.1, -0.05) is 57.0 Å². The highest BCUT2D eigenvalue weighted by Crippen LogP contribution is 2.16. The third kappa shape index (κ3) is 6.06. The molecule has 0 saturated carbocycles. The molecule has 20 heavy (non-hydrogen) atoms. The van der Waals surface area contributed by atoms with Gasteiger partial charge in [0.25, 0.3) is 0 Å². The van der Waals surface area contributed by atoms with Crippen LogP contribution in [-0.2, 0) is 0 Å². The lowest BCUT2D eigenvalue weighted by molar-refractivity contribution is 0.252. The van der Waals surface area contributed by atoms with Gasteiger partial charge in [0.05, 0.1) is 0 Å². The van der Waals surface area contributed by atoms with E-state index in [0.29, 0.717) is 6.04 Å². The summed E-state index contributed by atoms with van der Waals surface area (Å²) in [6.45, 7) is 12.3. The largest absolute Gasteiger partial charge is 0.309 e. The van der Waals surface area contributed by atoms with E-state index >= 15 is 0 Å². The van der Waals surface area contributed by atoms with Gasteiger partial charge in [0.15, 0.2) is 0 Å². The average molecular weight is 276 g/mol. The zero-order valence-electron chi connectivity index (χ0n) is 13.9. The van der Waals surface area contributed by atoms with Crippen molar-refractivity contribution in [3.8, 4) is 0 Å². The molecule has 2 atom stereocenters. The molecular weight excluding hydrogens is 244 g/mol. The van der Waals surface area contributed by atoms with Gasteiger partial charge in [-0.2, -0.15) is 0 Å². The summed E-state index contributed by atoms with van der Waals surface area (Å²) >= 11 is 0. The minimum Gasteiger partial charge on any atom is -0.309 e. The summed E-state index contributed by atoms with van der Waals surface area (Å²) in [4.78, 5) is 2.46. The van der Waals surface area contributed by atoms with Gasteiger partial charge in [-0.25, -0.2) is 0 Å². The lowest BCUT2D eigenvalue weighted by atomic mass is 10.0. The van der Waals surface area contributed by atoms with Crippen molar-refractivity contribution in [1.29, 1.82) is 0 Å². The molecule has 0 fully saturated rings. The molecular formula is C18H32N2. The first-order chi connectivity index (χ1) is 9.56. The van der Waals surface area contributed by atoms with E-state index in [1.54, 1.807) is 0 Å². The summed E-state index contributed by atoms with van der Waals surface area (Å²) in [6, 6.07) is 9.39. The normalized spacial score (nSPS) is 14.5.